The number of primary sulfonamides is 1. The van der Waals surface area contributed by atoms with Gasteiger partial charge in [0.15, 0.2) is 0 Å². The number of hydrogen-bond donors (Lipinski definition) is 4. The Hall–Kier alpha value is -2.13. The van der Waals surface area contributed by atoms with Crippen molar-refractivity contribution in [3.8, 4) is 0 Å². The van der Waals surface area contributed by atoms with Crippen molar-refractivity contribution in [1.29, 1.82) is 0 Å². The summed E-state index contributed by atoms with van der Waals surface area (Å²) < 4.78 is 21.4. The number of carboxylic acid groups (broad SMARTS) is 1. The Morgan fingerprint density at radius 2 is 2.00 bits per heavy atom. The van der Waals surface area contributed by atoms with Crippen LogP contribution in [0.5, 0.6) is 0 Å². The van der Waals surface area contributed by atoms with Gasteiger partial charge >= 0.3 is 12.0 Å². The van der Waals surface area contributed by atoms with Crippen molar-refractivity contribution in [2.45, 2.75) is 6.92 Å². The van der Waals surface area contributed by atoms with E-state index in [9.17, 15) is 18.0 Å². The Morgan fingerprint density at radius 3 is 2.55 bits per heavy atom. The topological polar surface area (TPSA) is 139 Å². The highest BCUT2D eigenvalue weighted by Crippen LogP contribution is 2.18. The van der Waals surface area contributed by atoms with E-state index in [2.05, 4.69) is 10.6 Å². The van der Waals surface area contributed by atoms with Crippen molar-refractivity contribution in [3.63, 3.8) is 0 Å². The average molecular weight is 301 g/mol. The van der Waals surface area contributed by atoms with E-state index in [0.29, 0.717) is 11.3 Å². The molecule has 0 radical (unpaired) electrons. The molecule has 0 fully saturated rings. The Kier molecular flexibility index (Phi) is 5.06. The van der Waals surface area contributed by atoms with Crippen molar-refractivity contribution >= 4 is 27.7 Å². The lowest BCUT2D eigenvalue weighted by Gasteiger charge is -2.11. The monoisotopic (exact) mass is 301 g/mol. The molecule has 2 amide bonds. The fourth-order valence-electron chi connectivity index (χ4n) is 1.48. The first-order valence-electron chi connectivity index (χ1n) is 5.59. The van der Waals surface area contributed by atoms with E-state index in [1.165, 1.54) is 12.1 Å². The molecule has 0 aliphatic rings. The molecule has 1 rings (SSSR count). The van der Waals surface area contributed by atoms with E-state index in [1.54, 1.807) is 13.0 Å². The van der Waals surface area contributed by atoms with Gasteiger partial charge < -0.3 is 15.7 Å². The minimum atomic E-state index is -3.64. The third-order valence-electron chi connectivity index (χ3n) is 2.48. The van der Waals surface area contributed by atoms with Crippen molar-refractivity contribution in [2.24, 2.45) is 5.14 Å². The molecule has 0 heterocycles. The number of benzene rings is 1. The third-order valence-corrected chi connectivity index (χ3v) is 3.26. The number of nitrogens with two attached hydrogens (primary N) is 1. The first-order valence-corrected chi connectivity index (χ1v) is 7.30. The van der Waals surface area contributed by atoms with Crippen LogP contribution < -0.4 is 15.8 Å². The Bertz CT molecular complexity index is 627. The second-order valence-electron chi connectivity index (χ2n) is 4.03. The number of carbonyl (C=O) groups is 2. The van der Waals surface area contributed by atoms with E-state index >= 15 is 0 Å². The van der Waals surface area contributed by atoms with Crippen molar-refractivity contribution in [1.82, 2.24) is 5.32 Å². The SMILES string of the molecule is Cc1c(NC(=O)NCCS(N)(=O)=O)cccc1C(=O)O. The normalized spacial score (nSPS) is 10.9. The van der Waals surface area contributed by atoms with Crippen LogP contribution in [0.25, 0.3) is 0 Å². The standard InChI is InChI=1S/C11H15N3O5S/c1-7-8(10(15)16)3-2-4-9(7)14-11(17)13-5-6-20(12,18)19/h2-4H,5-6H2,1H3,(H,15,16)(H2,12,18,19)(H2,13,14,17). The first-order chi connectivity index (χ1) is 9.20. The van der Waals surface area contributed by atoms with Crippen LogP contribution in [0.2, 0.25) is 0 Å². The van der Waals surface area contributed by atoms with Gasteiger partial charge in [0, 0.05) is 12.2 Å². The van der Waals surface area contributed by atoms with E-state index in [4.69, 9.17) is 10.2 Å². The number of aromatic carboxylic acids is 1. The number of nitrogens with one attached hydrogen (secondary N) is 2. The number of rotatable bonds is 5. The van der Waals surface area contributed by atoms with Crippen LogP contribution in [0.3, 0.4) is 0 Å². The first kappa shape index (κ1) is 15.9. The van der Waals surface area contributed by atoms with Crippen molar-refractivity contribution in [3.05, 3.63) is 29.3 Å². The van der Waals surface area contributed by atoms with Gasteiger partial charge in [0.25, 0.3) is 0 Å². The maximum Gasteiger partial charge on any atom is 0.336 e. The molecule has 0 aliphatic heterocycles. The van der Waals surface area contributed by atoms with Crippen molar-refractivity contribution in [2.75, 3.05) is 17.6 Å². The quantitative estimate of drug-likeness (QED) is 0.611. The van der Waals surface area contributed by atoms with Crippen LogP contribution in [0.4, 0.5) is 10.5 Å². The summed E-state index contributed by atoms with van der Waals surface area (Å²) in [6, 6.07) is 3.82. The molecule has 8 nitrogen and oxygen atoms in total. The Labute approximate surface area is 116 Å². The molecule has 0 aromatic heterocycles. The lowest BCUT2D eigenvalue weighted by Crippen LogP contribution is -2.34. The second-order valence-corrected chi connectivity index (χ2v) is 5.77. The lowest BCUT2D eigenvalue weighted by molar-refractivity contribution is 0.0696. The fourth-order valence-corrected chi connectivity index (χ4v) is 1.86. The number of urea groups is 1. The summed E-state index contributed by atoms with van der Waals surface area (Å²) in [4.78, 5) is 22.5. The van der Waals surface area contributed by atoms with Gasteiger partial charge in [-0.1, -0.05) is 6.07 Å². The molecule has 1 aromatic carbocycles. The molecule has 0 saturated carbocycles. The van der Waals surface area contributed by atoms with Crippen LogP contribution in [0, 0.1) is 6.92 Å². The molecule has 5 N–H and O–H groups in total. The number of hydrogen-bond acceptors (Lipinski definition) is 4. The van der Waals surface area contributed by atoms with Gasteiger partial charge in [-0.05, 0) is 24.6 Å². The molecular formula is C11H15N3O5S. The predicted octanol–water partition coefficient (Wildman–Crippen LogP) is 0.103. The maximum absolute atomic E-state index is 11.5. The zero-order valence-corrected chi connectivity index (χ0v) is 11.5. The van der Waals surface area contributed by atoms with E-state index in [-0.39, 0.29) is 17.9 Å². The van der Waals surface area contributed by atoms with E-state index in [0.717, 1.165) is 0 Å². The molecule has 20 heavy (non-hydrogen) atoms. The minimum Gasteiger partial charge on any atom is -0.478 e. The average Bonchev–Trinajstić information content (AvgIpc) is 2.29. The Balaban J connectivity index is 2.67. The summed E-state index contributed by atoms with van der Waals surface area (Å²) in [5, 5.41) is 18.5. The summed E-state index contributed by atoms with van der Waals surface area (Å²) in [6.07, 6.45) is 0. The highest BCUT2D eigenvalue weighted by Gasteiger charge is 2.12. The van der Waals surface area contributed by atoms with Crippen LogP contribution in [-0.4, -0.2) is 37.8 Å². The van der Waals surface area contributed by atoms with Gasteiger partial charge in [-0.3, -0.25) is 0 Å². The minimum absolute atomic E-state index is 0.0762. The smallest absolute Gasteiger partial charge is 0.336 e. The molecule has 1 aromatic rings. The number of sulfonamides is 1. The zero-order valence-electron chi connectivity index (χ0n) is 10.7. The summed E-state index contributed by atoms with van der Waals surface area (Å²) in [5.41, 5.74) is 0.812. The molecule has 0 unspecified atom stereocenters. The largest absolute Gasteiger partial charge is 0.478 e. The lowest BCUT2D eigenvalue weighted by atomic mass is 10.1. The van der Waals surface area contributed by atoms with Crippen LogP contribution in [0.15, 0.2) is 18.2 Å². The molecule has 110 valence electrons. The third kappa shape index (κ3) is 4.86. The molecule has 9 heteroatoms. The molecule has 0 spiro atoms. The number of carboxylic acids is 1. The van der Waals surface area contributed by atoms with Crippen molar-refractivity contribution < 1.29 is 23.1 Å². The highest BCUT2D eigenvalue weighted by molar-refractivity contribution is 7.89. The summed E-state index contributed by atoms with van der Waals surface area (Å²) in [6.45, 7) is 1.42. The van der Waals surface area contributed by atoms with Gasteiger partial charge in [-0.15, -0.1) is 0 Å². The van der Waals surface area contributed by atoms with Crippen LogP contribution in [0.1, 0.15) is 15.9 Å². The maximum atomic E-state index is 11.5. The Morgan fingerprint density at radius 1 is 1.35 bits per heavy atom. The van der Waals surface area contributed by atoms with Gasteiger partial charge in [0.05, 0.1) is 11.3 Å². The zero-order chi connectivity index (χ0) is 15.3. The van der Waals surface area contributed by atoms with E-state index in [1.807, 2.05) is 0 Å². The van der Waals surface area contributed by atoms with Gasteiger partial charge in [0.2, 0.25) is 10.0 Å². The second kappa shape index (κ2) is 6.35. The van der Waals surface area contributed by atoms with Gasteiger partial charge in [-0.25, -0.2) is 23.1 Å². The van der Waals surface area contributed by atoms with Gasteiger partial charge in [-0.2, -0.15) is 0 Å². The summed E-state index contributed by atoms with van der Waals surface area (Å²) in [5.74, 6) is -1.48. The number of amides is 2. The molecule has 0 saturated heterocycles. The van der Waals surface area contributed by atoms with E-state index < -0.39 is 22.0 Å². The molecular weight excluding hydrogens is 286 g/mol. The van der Waals surface area contributed by atoms with Crippen LogP contribution in [-0.2, 0) is 10.0 Å². The predicted molar refractivity (Wildman–Crippen MR) is 73.1 cm³/mol. The van der Waals surface area contributed by atoms with Gasteiger partial charge in [0.1, 0.15) is 0 Å². The number of anilines is 1. The molecule has 0 aliphatic carbocycles. The molecule has 0 atom stereocenters. The fraction of sp³-hybridized carbons (Fsp3) is 0.273. The molecule has 0 bridgehead atoms. The highest BCUT2D eigenvalue weighted by atomic mass is 32.2. The van der Waals surface area contributed by atoms with Crippen LogP contribution >= 0.6 is 0 Å². The summed E-state index contributed by atoms with van der Waals surface area (Å²) >= 11 is 0. The summed E-state index contributed by atoms with van der Waals surface area (Å²) in [7, 11) is -3.64. The number of carbonyl (C=O) groups excluding carboxylic acids is 1.